The van der Waals surface area contributed by atoms with Crippen LogP contribution >= 0.6 is 12.4 Å². The number of sulfonamides is 1. The van der Waals surface area contributed by atoms with E-state index >= 15 is 0 Å². The minimum absolute atomic E-state index is 0. The summed E-state index contributed by atoms with van der Waals surface area (Å²) in [5, 5.41) is 0. The zero-order valence-corrected chi connectivity index (χ0v) is 11.0. The van der Waals surface area contributed by atoms with Gasteiger partial charge >= 0.3 is 6.18 Å². The van der Waals surface area contributed by atoms with Gasteiger partial charge in [0.1, 0.15) is 5.82 Å². The quantitative estimate of drug-likeness (QED) is 0.825. The fourth-order valence-electron chi connectivity index (χ4n) is 1.17. The van der Waals surface area contributed by atoms with Crippen LogP contribution < -0.4 is 10.5 Å². The van der Waals surface area contributed by atoms with Gasteiger partial charge < -0.3 is 5.73 Å². The van der Waals surface area contributed by atoms with Gasteiger partial charge in [-0.3, -0.25) is 0 Å². The van der Waals surface area contributed by atoms with Crippen molar-refractivity contribution in [2.75, 3.05) is 13.1 Å². The molecule has 1 rings (SSSR count). The predicted molar refractivity (Wildman–Crippen MR) is 62.9 cm³/mol. The van der Waals surface area contributed by atoms with Crippen molar-refractivity contribution >= 4 is 22.4 Å². The highest BCUT2D eigenvalue weighted by Gasteiger charge is 2.35. The van der Waals surface area contributed by atoms with Crippen molar-refractivity contribution in [2.45, 2.75) is 11.1 Å². The number of nitrogens with one attached hydrogen (secondary N) is 1. The lowest BCUT2D eigenvalue weighted by Crippen LogP contribution is -2.29. The maximum Gasteiger partial charge on any atom is 0.419 e. The molecule has 0 saturated heterocycles. The summed E-state index contributed by atoms with van der Waals surface area (Å²) in [6.45, 7) is -0.131. The molecule has 110 valence electrons. The highest BCUT2D eigenvalue weighted by molar-refractivity contribution is 7.89. The third-order valence-corrected chi connectivity index (χ3v) is 3.45. The van der Waals surface area contributed by atoms with Crippen molar-refractivity contribution in [3.8, 4) is 0 Å². The van der Waals surface area contributed by atoms with Gasteiger partial charge in [-0.05, 0) is 18.2 Å². The van der Waals surface area contributed by atoms with E-state index in [9.17, 15) is 26.0 Å². The Hall–Kier alpha value is -0.900. The lowest BCUT2D eigenvalue weighted by molar-refractivity contribution is -0.140. The van der Waals surface area contributed by atoms with E-state index in [1.807, 2.05) is 4.72 Å². The van der Waals surface area contributed by atoms with Gasteiger partial charge in [-0.1, -0.05) is 0 Å². The topological polar surface area (TPSA) is 72.2 Å². The van der Waals surface area contributed by atoms with Gasteiger partial charge in [-0.2, -0.15) is 13.2 Å². The van der Waals surface area contributed by atoms with Gasteiger partial charge in [0.05, 0.1) is 10.5 Å². The standard InChI is InChI=1S/C9H10F4N2O2S.ClH/c10-8-2-1-6(5-7(8)9(11,12)13)18(16,17)15-4-3-14;/h1-2,5,15H,3-4,14H2;1H. The predicted octanol–water partition coefficient (Wildman–Crippen LogP) is 1.50. The van der Waals surface area contributed by atoms with Crippen LogP contribution in [0.2, 0.25) is 0 Å². The molecule has 10 heteroatoms. The zero-order valence-electron chi connectivity index (χ0n) is 9.37. The van der Waals surface area contributed by atoms with Crippen molar-refractivity contribution in [1.29, 1.82) is 0 Å². The highest BCUT2D eigenvalue weighted by Crippen LogP contribution is 2.32. The normalized spacial score (nSPS) is 12.1. The number of hydrogen-bond acceptors (Lipinski definition) is 3. The molecule has 0 aromatic heterocycles. The van der Waals surface area contributed by atoms with E-state index in [1.165, 1.54) is 0 Å². The monoisotopic (exact) mass is 322 g/mol. The Morgan fingerprint density at radius 1 is 1.26 bits per heavy atom. The SMILES string of the molecule is Cl.NCCNS(=O)(=O)c1ccc(F)c(C(F)(F)F)c1. The zero-order chi connectivity index (χ0) is 14.0. The van der Waals surface area contributed by atoms with Crippen LogP contribution in [0.5, 0.6) is 0 Å². The molecular formula is C9H11ClF4N2O2S. The van der Waals surface area contributed by atoms with Crippen molar-refractivity contribution in [3.63, 3.8) is 0 Å². The molecule has 0 atom stereocenters. The van der Waals surface area contributed by atoms with Crippen LogP contribution in [0.25, 0.3) is 0 Å². The van der Waals surface area contributed by atoms with Crippen LogP contribution in [0.1, 0.15) is 5.56 Å². The Labute approximate surface area is 113 Å². The van der Waals surface area contributed by atoms with Crippen molar-refractivity contribution in [3.05, 3.63) is 29.6 Å². The highest BCUT2D eigenvalue weighted by atomic mass is 35.5. The molecule has 0 fully saturated rings. The van der Waals surface area contributed by atoms with E-state index in [0.29, 0.717) is 6.07 Å². The number of hydrogen-bond donors (Lipinski definition) is 2. The average Bonchev–Trinajstić information content (AvgIpc) is 2.25. The van der Waals surface area contributed by atoms with Crippen LogP contribution in [0, 0.1) is 5.82 Å². The Kier molecular flexibility index (Phi) is 6.20. The summed E-state index contributed by atoms with van der Waals surface area (Å²) in [6.07, 6.45) is -4.95. The third-order valence-electron chi connectivity index (χ3n) is 1.99. The first kappa shape index (κ1) is 18.1. The maximum atomic E-state index is 13.0. The van der Waals surface area contributed by atoms with Gasteiger partial charge in [-0.25, -0.2) is 17.5 Å². The molecule has 0 spiro atoms. The molecule has 0 aliphatic carbocycles. The van der Waals surface area contributed by atoms with Crippen LogP contribution in [0.3, 0.4) is 0 Å². The van der Waals surface area contributed by atoms with E-state index in [0.717, 1.165) is 6.07 Å². The van der Waals surface area contributed by atoms with Gasteiger partial charge in [0.15, 0.2) is 0 Å². The van der Waals surface area contributed by atoms with E-state index < -0.39 is 32.5 Å². The minimum atomic E-state index is -4.95. The second-order valence-corrected chi connectivity index (χ2v) is 5.09. The Balaban J connectivity index is 0.00000324. The summed E-state index contributed by atoms with van der Waals surface area (Å²) < 4.78 is 75.2. The van der Waals surface area contributed by atoms with Crippen LogP contribution in [-0.2, 0) is 16.2 Å². The summed E-state index contributed by atoms with van der Waals surface area (Å²) in [5.74, 6) is -1.53. The second-order valence-electron chi connectivity index (χ2n) is 3.33. The first-order chi connectivity index (χ1) is 8.18. The van der Waals surface area contributed by atoms with Crippen LogP contribution in [-0.4, -0.2) is 21.5 Å². The molecular weight excluding hydrogens is 312 g/mol. The lowest BCUT2D eigenvalue weighted by atomic mass is 10.2. The van der Waals surface area contributed by atoms with Crippen molar-refractivity contribution in [2.24, 2.45) is 5.73 Å². The summed E-state index contributed by atoms with van der Waals surface area (Å²) in [6, 6.07) is 1.46. The fourth-order valence-corrected chi connectivity index (χ4v) is 2.24. The smallest absolute Gasteiger partial charge is 0.329 e. The fraction of sp³-hybridized carbons (Fsp3) is 0.333. The summed E-state index contributed by atoms with van der Waals surface area (Å²) >= 11 is 0. The molecule has 0 aliphatic rings. The second kappa shape index (κ2) is 6.51. The van der Waals surface area contributed by atoms with E-state index in [4.69, 9.17) is 5.73 Å². The van der Waals surface area contributed by atoms with Gasteiger partial charge in [0, 0.05) is 13.1 Å². The molecule has 0 unspecified atom stereocenters. The average molecular weight is 323 g/mol. The summed E-state index contributed by atoms with van der Waals surface area (Å²) in [5.41, 5.74) is 3.44. The molecule has 1 aromatic carbocycles. The van der Waals surface area contributed by atoms with Gasteiger partial charge in [0.2, 0.25) is 10.0 Å². The molecule has 1 aromatic rings. The maximum absolute atomic E-state index is 13.0. The van der Waals surface area contributed by atoms with Crippen LogP contribution in [0.4, 0.5) is 17.6 Å². The molecule has 0 saturated carbocycles. The third kappa shape index (κ3) is 4.60. The molecule has 3 N–H and O–H groups in total. The van der Waals surface area contributed by atoms with E-state index in [1.54, 1.807) is 0 Å². The Morgan fingerprint density at radius 2 is 1.84 bits per heavy atom. The summed E-state index contributed by atoms with van der Waals surface area (Å²) in [4.78, 5) is -0.662. The molecule has 4 nitrogen and oxygen atoms in total. The summed E-state index contributed by atoms with van der Waals surface area (Å²) in [7, 11) is -4.12. The molecule has 0 amide bonds. The molecule has 0 radical (unpaired) electrons. The largest absolute Gasteiger partial charge is 0.419 e. The molecule has 19 heavy (non-hydrogen) atoms. The first-order valence-electron chi connectivity index (χ1n) is 4.75. The Bertz CT molecular complexity index is 534. The number of halogens is 5. The van der Waals surface area contributed by atoms with E-state index in [-0.39, 0.29) is 31.6 Å². The molecule has 0 heterocycles. The van der Waals surface area contributed by atoms with Crippen LogP contribution in [0.15, 0.2) is 23.1 Å². The van der Waals surface area contributed by atoms with Crippen molar-refractivity contribution < 1.29 is 26.0 Å². The molecule has 0 bridgehead atoms. The number of benzene rings is 1. The van der Waals surface area contributed by atoms with Crippen molar-refractivity contribution in [1.82, 2.24) is 4.72 Å². The van der Waals surface area contributed by atoms with E-state index in [2.05, 4.69) is 0 Å². The molecule has 0 aliphatic heterocycles. The Morgan fingerprint density at radius 3 is 2.32 bits per heavy atom. The number of rotatable bonds is 4. The first-order valence-corrected chi connectivity index (χ1v) is 6.23. The lowest BCUT2D eigenvalue weighted by Gasteiger charge is -2.10. The van der Waals surface area contributed by atoms with Gasteiger partial charge in [0.25, 0.3) is 0 Å². The number of alkyl halides is 3. The minimum Gasteiger partial charge on any atom is -0.329 e. The number of nitrogens with two attached hydrogens (primary N) is 1. The van der Waals surface area contributed by atoms with Gasteiger partial charge in [-0.15, -0.1) is 12.4 Å².